The quantitative estimate of drug-likeness (QED) is 0.190. The number of anilines is 1. The van der Waals surface area contributed by atoms with E-state index in [1.807, 2.05) is 30.5 Å². The number of aliphatic imine (C=N–C) groups is 2. The highest BCUT2D eigenvalue weighted by atomic mass is 15.3. The molecule has 0 aromatic heterocycles. The van der Waals surface area contributed by atoms with Crippen LogP contribution in [0.4, 0.5) is 5.69 Å². The van der Waals surface area contributed by atoms with E-state index in [0.717, 1.165) is 47.5 Å². The minimum absolute atomic E-state index is 0.148. The van der Waals surface area contributed by atoms with Crippen molar-refractivity contribution in [3.8, 4) is 0 Å². The van der Waals surface area contributed by atoms with Gasteiger partial charge in [-0.1, -0.05) is 140 Å². The summed E-state index contributed by atoms with van der Waals surface area (Å²) in [5.74, 6) is 0.991. The second-order valence-electron chi connectivity index (χ2n) is 14.3. The van der Waals surface area contributed by atoms with Crippen LogP contribution < -0.4 is 16.0 Å². The average molecular weight is 702 g/mol. The van der Waals surface area contributed by atoms with Crippen molar-refractivity contribution in [3.05, 3.63) is 227 Å². The summed E-state index contributed by atoms with van der Waals surface area (Å²) in [6.07, 6.45) is 35.1. The molecule has 0 saturated carbocycles. The second-order valence-corrected chi connectivity index (χ2v) is 14.3. The highest BCUT2D eigenvalue weighted by Crippen LogP contribution is 2.52. The standard InChI is InChI=1S/C49H43N5/c1-33(34-16-6-2-3-7-17-34)52-48(36-20-10-5-11-21-36)53-49(50)54-44-26-13-12-23-42(44)47-40(24-15-27-45(47)54)37-22-14-25-41-43(31-37)38-28-29-51-32-39(30-38)46(41)35-18-8-4-9-19-35/h2-6,8-13,15-22,24-32,39,42,46,48,52H,1,7,14,23H2,(H2,50,53)/t39?,42-,46?,48?/m0/s1. The number of allylic oxidation sites excluding steroid dienone is 18. The van der Waals surface area contributed by atoms with Gasteiger partial charge in [-0.2, -0.15) is 0 Å². The molecule has 5 heteroatoms. The van der Waals surface area contributed by atoms with E-state index >= 15 is 0 Å². The molecule has 2 bridgehead atoms. The van der Waals surface area contributed by atoms with Crippen LogP contribution in [-0.4, -0.2) is 12.2 Å². The van der Waals surface area contributed by atoms with Crippen LogP contribution >= 0.6 is 0 Å². The smallest absolute Gasteiger partial charge is 0.202 e. The van der Waals surface area contributed by atoms with E-state index in [0.29, 0.717) is 5.96 Å². The van der Waals surface area contributed by atoms with Gasteiger partial charge in [-0.15, -0.1) is 0 Å². The molecular formula is C49H43N5. The molecule has 2 heterocycles. The van der Waals surface area contributed by atoms with Crippen molar-refractivity contribution in [1.29, 1.82) is 0 Å². The Bertz CT molecular complexity index is 2370. The molecule has 3 aromatic carbocycles. The van der Waals surface area contributed by atoms with Gasteiger partial charge in [-0.25, -0.2) is 4.99 Å². The maximum absolute atomic E-state index is 7.14. The van der Waals surface area contributed by atoms with Gasteiger partial charge in [0.25, 0.3) is 0 Å². The average Bonchev–Trinajstić information content (AvgIpc) is 3.52. The Hall–Kier alpha value is -6.46. The normalized spacial score (nSPS) is 22.9. The van der Waals surface area contributed by atoms with Gasteiger partial charge in [0.15, 0.2) is 0 Å². The number of rotatable bonds is 7. The maximum atomic E-state index is 7.14. The van der Waals surface area contributed by atoms with Crippen LogP contribution in [0.1, 0.15) is 59.5 Å². The number of nitrogens with two attached hydrogens (primary N) is 1. The number of nitrogens with zero attached hydrogens (tertiary/aromatic N) is 3. The molecule has 6 aliphatic rings. The van der Waals surface area contributed by atoms with Gasteiger partial charge in [0.05, 0.1) is 5.69 Å². The first kappa shape index (κ1) is 33.4. The summed E-state index contributed by atoms with van der Waals surface area (Å²) in [6.45, 7) is 4.40. The van der Waals surface area contributed by atoms with Gasteiger partial charge in [-0.3, -0.25) is 9.89 Å². The molecule has 54 heavy (non-hydrogen) atoms. The Kier molecular flexibility index (Phi) is 8.97. The molecular weight excluding hydrogens is 659 g/mol. The fraction of sp³-hybridized carbons (Fsp3) is 0.143. The zero-order valence-electron chi connectivity index (χ0n) is 30.2. The molecule has 9 rings (SSSR count). The lowest BCUT2D eigenvalue weighted by molar-refractivity contribution is 0.632. The van der Waals surface area contributed by atoms with Crippen LogP contribution in [0.2, 0.25) is 0 Å². The van der Waals surface area contributed by atoms with Crippen LogP contribution in [0.5, 0.6) is 0 Å². The number of fused-ring (bicyclic) bond motifs is 6. The minimum atomic E-state index is -0.439. The van der Waals surface area contributed by atoms with Gasteiger partial charge in [0.2, 0.25) is 5.96 Å². The third-order valence-electron chi connectivity index (χ3n) is 11.1. The van der Waals surface area contributed by atoms with Crippen molar-refractivity contribution in [2.45, 2.75) is 37.3 Å². The summed E-state index contributed by atoms with van der Waals surface area (Å²) in [5.41, 5.74) is 21.1. The van der Waals surface area contributed by atoms with Crippen LogP contribution in [0, 0.1) is 5.92 Å². The summed E-state index contributed by atoms with van der Waals surface area (Å²) < 4.78 is 0. The summed E-state index contributed by atoms with van der Waals surface area (Å²) in [7, 11) is 0. The maximum Gasteiger partial charge on any atom is 0.202 e. The summed E-state index contributed by atoms with van der Waals surface area (Å²) in [4.78, 5) is 12.1. The van der Waals surface area contributed by atoms with Crippen molar-refractivity contribution in [3.63, 3.8) is 0 Å². The first-order valence-electron chi connectivity index (χ1n) is 18.9. The number of hydrogen-bond acceptors (Lipinski definition) is 3. The Morgan fingerprint density at radius 1 is 0.870 bits per heavy atom. The van der Waals surface area contributed by atoms with Gasteiger partial charge in [-0.05, 0) is 93.7 Å². The predicted molar refractivity (Wildman–Crippen MR) is 225 cm³/mol. The van der Waals surface area contributed by atoms with E-state index in [4.69, 9.17) is 10.7 Å². The van der Waals surface area contributed by atoms with Crippen molar-refractivity contribution in [2.75, 3.05) is 4.90 Å². The fourth-order valence-corrected chi connectivity index (χ4v) is 8.60. The molecule has 3 unspecified atom stereocenters. The van der Waals surface area contributed by atoms with Gasteiger partial charge < -0.3 is 11.1 Å². The molecule has 0 amide bonds. The minimum Gasteiger partial charge on any atom is -0.369 e. The second kappa shape index (κ2) is 14.5. The molecule has 5 nitrogen and oxygen atoms in total. The molecule has 3 aromatic rings. The Labute approximate surface area is 318 Å². The van der Waals surface area contributed by atoms with Crippen molar-refractivity contribution in [1.82, 2.24) is 5.32 Å². The number of nitrogens with one attached hydrogen (secondary N) is 1. The highest BCUT2D eigenvalue weighted by molar-refractivity contribution is 6.03. The number of guanidine groups is 1. The first-order chi connectivity index (χ1) is 26.6. The molecule has 2 aliphatic heterocycles. The van der Waals surface area contributed by atoms with Crippen LogP contribution in [0.25, 0.3) is 5.57 Å². The van der Waals surface area contributed by atoms with E-state index in [2.05, 4.69) is 162 Å². The van der Waals surface area contributed by atoms with Crippen LogP contribution in [0.3, 0.4) is 0 Å². The van der Waals surface area contributed by atoms with E-state index in [9.17, 15) is 0 Å². The van der Waals surface area contributed by atoms with Gasteiger partial charge >= 0.3 is 0 Å². The lowest BCUT2D eigenvalue weighted by Gasteiger charge is -2.32. The topological polar surface area (TPSA) is 66.0 Å². The van der Waals surface area contributed by atoms with Crippen LogP contribution in [-0.2, 0) is 0 Å². The number of hydrogen-bond donors (Lipinski definition) is 2. The molecule has 0 spiro atoms. The van der Waals surface area contributed by atoms with Crippen molar-refractivity contribution in [2.24, 2.45) is 21.6 Å². The largest absolute Gasteiger partial charge is 0.369 e. The zero-order valence-corrected chi connectivity index (χ0v) is 30.2. The lowest BCUT2D eigenvalue weighted by Crippen LogP contribution is -2.37. The van der Waals surface area contributed by atoms with Crippen LogP contribution in [0.15, 0.2) is 214 Å². The van der Waals surface area contributed by atoms with E-state index in [-0.39, 0.29) is 17.8 Å². The third-order valence-corrected chi connectivity index (χ3v) is 11.1. The first-order valence-corrected chi connectivity index (χ1v) is 18.9. The molecule has 3 N–H and O–H groups in total. The zero-order chi connectivity index (χ0) is 36.4. The van der Waals surface area contributed by atoms with Gasteiger partial charge in [0, 0.05) is 41.6 Å². The fourth-order valence-electron chi connectivity index (χ4n) is 8.60. The van der Waals surface area contributed by atoms with Gasteiger partial charge in [0.1, 0.15) is 6.17 Å². The predicted octanol–water partition coefficient (Wildman–Crippen LogP) is 10.6. The molecule has 0 saturated heterocycles. The molecule has 264 valence electrons. The van der Waals surface area contributed by atoms with Crippen molar-refractivity contribution >= 4 is 23.4 Å². The van der Waals surface area contributed by atoms with E-state index in [1.54, 1.807) is 0 Å². The molecule has 0 fully saturated rings. The van der Waals surface area contributed by atoms with Crippen molar-refractivity contribution < 1.29 is 0 Å². The summed E-state index contributed by atoms with van der Waals surface area (Å²) in [6, 6.07) is 27.8. The monoisotopic (exact) mass is 701 g/mol. The molecule has 4 aliphatic carbocycles. The Morgan fingerprint density at radius 3 is 2.59 bits per heavy atom. The lowest BCUT2D eigenvalue weighted by atomic mass is 9.71. The molecule has 4 atom stereocenters. The Balaban J connectivity index is 1.11. The SMILES string of the molecule is C=C(NC(/N=C(\N)N1C2=CC=CC[C@@H]2c2c(C3=CCC=C4C(=C3)C3=CC(C=NC=C3)C4c3ccccc3)cccc21)c1ccccc1)C1=CCC=CC=C1. The number of benzene rings is 3. The summed E-state index contributed by atoms with van der Waals surface area (Å²) in [5, 5.41) is 3.60. The third kappa shape index (κ3) is 6.22. The molecule has 0 radical (unpaired) electrons. The van der Waals surface area contributed by atoms with E-state index in [1.165, 1.54) is 39.0 Å². The highest BCUT2D eigenvalue weighted by Gasteiger charge is 2.39. The Morgan fingerprint density at radius 2 is 1.72 bits per heavy atom. The summed E-state index contributed by atoms with van der Waals surface area (Å²) >= 11 is 0. The van der Waals surface area contributed by atoms with E-state index < -0.39 is 6.17 Å².